The van der Waals surface area contributed by atoms with Crippen LogP contribution in [0.4, 0.5) is 4.39 Å². The van der Waals surface area contributed by atoms with Crippen LogP contribution in [0.2, 0.25) is 0 Å². The van der Waals surface area contributed by atoms with Gasteiger partial charge in [0.2, 0.25) is 0 Å². The van der Waals surface area contributed by atoms with Crippen molar-refractivity contribution < 1.29 is 13.9 Å². The molecule has 3 atom stereocenters. The van der Waals surface area contributed by atoms with E-state index in [0.717, 1.165) is 0 Å². The monoisotopic (exact) mass is 255 g/mol. The number of rotatable bonds is 6. The van der Waals surface area contributed by atoms with Gasteiger partial charge in [0.05, 0.1) is 25.9 Å². The van der Waals surface area contributed by atoms with Crippen LogP contribution >= 0.6 is 0 Å². The van der Waals surface area contributed by atoms with Crippen LogP contribution in [0.5, 0.6) is 0 Å². The van der Waals surface area contributed by atoms with Crippen molar-refractivity contribution in [2.24, 2.45) is 11.3 Å². The van der Waals surface area contributed by atoms with Crippen molar-refractivity contribution in [3.8, 4) is 0 Å². The zero-order valence-electron chi connectivity index (χ0n) is 11.4. The van der Waals surface area contributed by atoms with E-state index in [0.29, 0.717) is 30.7 Å². The minimum absolute atomic E-state index is 0.194. The fourth-order valence-corrected chi connectivity index (χ4v) is 3.38. The van der Waals surface area contributed by atoms with Crippen LogP contribution in [0.25, 0.3) is 0 Å². The molecule has 0 aromatic heterocycles. The largest absolute Gasteiger partial charge is 0.376 e. The molecule has 0 amide bonds. The van der Waals surface area contributed by atoms with E-state index in [1.165, 1.54) is 32.1 Å². The molecule has 0 radical (unpaired) electrons. The van der Waals surface area contributed by atoms with E-state index in [-0.39, 0.29) is 6.61 Å². The number of hydrogen-bond acceptors (Lipinski definition) is 2. The van der Waals surface area contributed by atoms with Crippen molar-refractivity contribution in [1.82, 2.24) is 0 Å². The van der Waals surface area contributed by atoms with E-state index in [2.05, 4.69) is 19.1 Å². The van der Waals surface area contributed by atoms with E-state index in [1.54, 1.807) is 0 Å². The van der Waals surface area contributed by atoms with Gasteiger partial charge in [-0.05, 0) is 43.4 Å². The Hall–Kier alpha value is -0.410. The molecule has 1 fully saturated rings. The minimum atomic E-state index is -0.406. The van der Waals surface area contributed by atoms with Crippen LogP contribution in [0.1, 0.15) is 39.0 Å². The lowest BCUT2D eigenvalue weighted by molar-refractivity contribution is -0.148. The Labute approximate surface area is 110 Å². The fourth-order valence-electron chi connectivity index (χ4n) is 3.38. The Morgan fingerprint density at radius 1 is 1.22 bits per heavy atom. The summed E-state index contributed by atoms with van der Waals surface area (Å²) >= 11 is 0. The van der Waals surface area contributed by atoms with Crippen molar-refractivity contribution >= 4 is 0 Å². The van der Waals surface area contributed by atoms with Gasteiger partial charge in [0.1, 0.15) is 6.67 Å². The highest BCUT2D eigenvalue weighted by atomic mass is 18.2. The number of allylic oxidation sites excluding steroid dienone is 2. The third kappa shape index (κ3) is 3.33. The lowest BCUT2D eigenvalue weighted by atomic mass is 9.55. The highest BCUT2D eigenvalue weighted by Crippen LogP contribution is 2.53. The summed E-state index contributed by atoms with van der Waals surface area (Å²) in [5.74, 6) is 0.698. The van der Waals surface area contributed by atoms with Gasteiger partial charge in [-0.25, -0.2) is 4.39 Å². The zero-order chi connectivity index (χ0) is 12.8. The van der Waals surface area contributed by atoms with Crippen LogP contribution in [-0.2, 0) is 9.47 Å². The third-order valence-electron chi connectivity index (χ3n) is 4.49. The molecule has 0 heterocycles. The number of fused-ring (bicyclic) bond motifs is 1. The second kappa shape index (κ2) is 6.67. The van der Waals surface area contributed by atoms with Crippen molar-refractivity contribution in [1.29, 1.82) is 0 Å². The molecule has 2 rings (SSSR count). The molecule has 104 valence electrons. The SMILES string of the molecule is C[C@]12CC/C=C/CC[C@H]1[C@H](OCCOCC[18F])C2. The van der Waals surface area contributed by atoms with Crippen molar-refractivity contribution in [2.75, 3.05) is 26.5 Å². The first-order chi connectivity index (χ1) is 8.76. The molecule has 2 aliphatic carbocycles. The van der Waals surface area contributed by atoms with Gasteiger partial charge in [0.25, 0.3) is 0 Å². The van der Waals surface area contributed by atoms with Gasteiger partial charge < -0.3 is 9.47 Å². The van der Waals surface area contributed by atoms with Crippen molar-refractivity contribution in [3.05, 3.63) is 12.2 Å². The van der Waals surface area contributed by atoms with E-state index >= 15 is 0 Å². The smallest absolute Gasteiger partial charge is 0.113 e. The fraction of sp³-hybridized carbons (Fsp3) is 0.867. The number of hydrogen-bond donors (Lipinski definition) is 0. The van der Waals surface area contributed by atoms with Gasteiger partial charge in [0.15, 0.2) is 0 Å². The van der Waals surface area contributed by atoms with Crippen LogP contribution < -0.4 is 0 Å². The van der Waals surface area contributed by atoms with Crippen LogP contribution in [0, 0.1) is 11.3 Å². The molecule has 18 heavy (non-hydrogen) atoms. The molecule has 0 N–H and O–H groups in total. The summed E-state index contributed by atoms with van der Waals surface area (Å²) in [6.45, 7) is 3.31. The Morgan fingerprint density at radius 2 is 2.06 bits per heavy atom. The Kier molecular flexibility index (Phi) is 5.19. The topological polar surface area (TPSA) is 18.5 Å². The normalized spacial score (nSPS) is 37.2. The summed E-state index contributed by atoms with van der Waals surface area (Å²) in [5.41, 5.74) is 0.481. The van der Waals surface area contributed by atoms with Gasteiger partial charge in [-0.2, -0.15) is 0 Å². The Morgan fingerprint density at radius 3 is 2.89 bits per heavy atom. The van der Waals surface area contributed by atoms with Crippen LogP contribution in [0.3, 0.4) is 0 Å². The first-order valence-corrected chi connectivity index (χ1v) is 7.16. The van der Waals surface area contributed by atoms with Gasteiger partial charge in [-0.3, -0.25) is 0 Å². The predicted molar refractivity (Wildman–Crippen MR) is 70.4 cm³/mol. The molecule has 0 aliphatic heterocycles. The summed E-state index contributed by atoms with van der Waals surface area (Å²) in [5, 5.41) is 0. The Bertz CT molecular complexity index is 280. The summed E-state index contributed by atoms with van der Waals surface area (Å²) < 4.78 is 22.8. The first kappa shape index (κ1) is 14.0. The van der Waals surface area contributed by atoms with E-state index in [4.69, 9.17) is 9.47 Å². The molecular weight excluding hydrogens is 230 g/mol. The number of alkyl halides is 1. The molecule has 1 saturated carbocycles. The molecule has 0 bridgehead atoms. The first-order valence-electron chi connectivity index (χ1n) is 7.16. The lowest BCUT2D eigenvalue weighted by Crippen LogP contribution is -2.51. The second-order valence-corrected chi connectivity index (χ2v) is 5.76. The molecule has 2 aliphatic rings. The maximum absolute atomic E-state index is 11.8. The maximum Gasteiger partial charge on any atom is 0.113 e. The second-order valence-electron chi connectivity index (χ2n) is 5.76. The van der Waals surface area contributed by atoms with Gasteiger partial charge in [-0.15, -0.1) is 0 Å². The standard InChI is InChI=1S/C15H25FO2/c1-15-7-5-3-2-4-6-13(15)14(12-15)18-11-10-17-9-8-16/h2-3,13-14H,4-12H2,1H3/b3-2+/t13-,14+,15+/m0/s1/i16-1. The average molecular weight is 255 g/mol. The van der Waals surface area contributed by atoms with Crippen molar-refractivity contribution in [2.45, 2.75) is 45.1 Å². The highest BCUT2D eigenvalue weighted by Gasteiger charge is 2.49. The Balaban J connectivity index is 1.70. The van der Waals surface area contributed by atoms with Gasteiger partial charge in [0, 0.05) is 0 Å². The molecule has 3 heteroatoms. The van der Waals surface area contributed by atoms with Crippen molar-refractivity contribution in [3.63, 3.8) is 0 Å². The molecule has 0 saturated heterocycles. The van der Waals surface area contributed by atoms with Gasteiger partial charge in [-0.1, -0.05) is 19.1 Å². The number of halogens is 1. The zero-order valence-corrected chi connectivity index (χ0v) is 11.4. The molecular formula is C15H25FO2. The van der Waals surface area contributed by atoms with E-state index < -0.39 is 6.67 Å². The van der Waals surface area contributed by atoms with E-state index in [1.807, 2.05) is 0 Å². The number of ether oxygens (including phenoxy) is 2. The summed E-state index contributed by atoms with van der Waals surface area (Å²) in [7, 11) is 0. The molecule has 0 spiro atoms. The molecule has 0 unspecified atom stereocenters. The molecule has 2 nitrogen and oxygen atoms in total. The quantitative estimate of drug-likeness (QED) is 0.534. The van der Waals surface area contributed by atoms with E-state index in [9.17, 15) is 4.39 Å². The lowest BCUT2D eigenvalue weighted by Gasteiger charge is -2.54. The minimum Gasteiger partial charge on any atom is -0.376 e. The van der Waals surface area contributed by atoms with Crippen LogP contribution in [0.15, 0.2) is 12.2 Å². The highest BCUT2D eigenvalue weighted by molar-refractivity contribution is 5.03. The third-order valence-corrected chi connectivity index (χ3v) is 4.49. The predicted octanol–water partition coefficient (Wildman–Crippen LogP) is 3.51. The maximum atomic E-state index is 11.8. The van der Waals surface area contributed by atoms with Gasteiger partial charge >= 0.3 is 0 Å². The molecule has 0 aromatic rings. The summed E-state index contributed by atoms with van der Waals surface area (Å²) in [6.07, 6.45) is 11.1. The molecule has 0 aromatic carbocycles. The average Bonchev–Trinajstić information content (AvgIpc) is 2.34. The summed E-state index contributed by atoms with van der Waals surface area (Å²) in [4.78, 5) is 0. The van der Waals surface area contributed by atoms with Crippen LogP contribution in [-0.4, -0.2) is 32.6 Å². The summed E-state index contributed by atoms with van der Waals surface area (Å²) in [6, 6.07) is 0.